The molecule has 1 aromatic carbocycles. The van der Waals surface area contributed by atoms with Gasteiger partial charge in [0.25, 0.3) is 0 Å². The third kappa shape index (κ3) is 3.11. The van der Waals surface area contributed by atoms with E-state index in [-0.39, 0.29) is 18.1 Å². The highest BCUT2D eigenvalue weighted by Crippen LogP contribution is 2.31. The second-order valence-corrected chi connectivity index (χ2v) is 7.62. The minimum atomic E-state index is -3.09. The third-order valence-electron chi connectivity index (χ3n) is 2.93. The van der Waals surface area contributed by atoms with Gasteiger partial charge in [-0.15, -0.1) is 0 Å². The van der Waals surface area contributed by atoms with Gasteiger partial charge in [-0.1, -0.05) is 22.0 Å². The lowest BCUT2D eigenvalue weighted by atomic mass is 10.2. The quantitative estimate of drug-likeness (QED) is 0.848. The molecule has 0 aliphatic carbocycles. The van der Waals surface area contributed by atoms with Crippen LogP contribution in [0.2, 0.25) is 0 Å². The number of halogens is 1. The molecule has 0 N–H and O–H groups in total. The van der Waals surface area contributed by atoms with Crippen LogP contribution in [-0.2, 0) is 21.1 Å². The minimum absolute atomic E-state index is 0.0464. The van der Waals surface area contributed by atoms with Crippen molar-refractivity contribution >= 4 is 37.4 Å². The summed E-state index contributed by atoms with van der Waals surface area (Å²) in [6.07, 6.45) is 2.02. The minimum Gasteiger partial charge on any atom is -0.312 e. The smallest absolute Gasteiger partial charge is 0.228 e. The second kappa shape index (κ2) is 5.01. The first-order chi connectivity index (χ1) is 8.37. The first-order valence-corrected chi connectivity index (χ1v) is 8.49. The molecule has 2 rings (SSSR count). The SMILES string of the molecule is CS(=O)(=O)CCC(=O)N1CCc2ccc(Br)cc21. The number of sulfone groups is 1. The maximum atomic E-state index is 12.0. The van der Waals surface area contributed by atoms with E-state index in [0.29, 0.717) is 6.54 Å². The summed E-state index contributed by atoms with van der Waals surface area (Å²) in [5.74, 6) is -0.219. The summed E-state index contributed by atoms with van der Waals surface area (Å²) in [4.78, 5) is 13.7. The van der Waals surface area contributed by atoms with Gasteiger partial charge in [-0.2, -0.15) is 0 Å². The Morgan fingerprint density at radius 1 is 1.44 bits per heavy atom. The molecule has 0 radical (unpaired) electrons. The molecule has 0 fully saturated rings. The Morgan fingerprint density at radius 2 is 2.17 bits per heavy atom. The Hall–Kier alpha value is -0.880. The van der Waals surface area contributed by atoms with Crippen LogP contribution in [-0.4, -0.2) is 32.9 Å². The van der Waals surface area contributed by atoms with Crippen molar-refractivity contribution < 1.29 is 13.2 Å². The fourth-order valence-electron chi connectivity index (χ4n) is 2.02. The van der Waals surface area contributed by atoms with E-state index >= 15 is 0 Å². The number of carbonyl (C=O) groups excluding carboxylic acids is 1. The summed E-state index contributed by atoms with van der Waals surface area (Å²) < 4.78 is 23.1. The van der Waals surface area contributed by atoms with E-state index in [1.807, 2.05) is 18.2 Å². The Labute approximate surface area is 115 Å². The number of anilines is 1. The van der Waals surface area contributed by atoms with Crippen molar-refractivity contribution in [2.24, 2.45) is 0 Å². The van der Waals surface area contributed by atoms with Crippen LogP contribution in [0.5, 0.6) is 0 Å². The number of carbonyl (C=O) groups is 1. The highest BCUT2D eigenvalue weighted by Gasteiger charge is 2.25. The molecule has 98 valence electrons. The van der Waals surface area contributed by atoms with Crippen LogP contribution < -0.4 is 4.90 Å². The highest BCUT2D eigenvalue weighted by atomic mass is 79.9. The van der Waals surface area contributed by atoms with Crippen LogP contribution in [0.4, 0.5) is 5.69 Å². The lowest BCUT2D eigenvalue weighted by molar-refractivity contribution is -0.118. The summed E-state index contributed by atoms with van der Waals surface area (Å²) in [6.45, 7) is 0.633. The van der Waals surface area contributed by atoms with Gasteiger partial charge in [-0.05, 0) is 24.1 Å². The van der Waals surface area contributed by atoms with Crippen molar-refractivity contribution in [2.75, 3.05) is 23.5 Å². The highest BCUT2D eigenvalue weighted by molar-refractivity contribution is 9.10. The molecule has 1 heterocycles. The van der Waals surface area contributed by atoms with E-state index in [4.69, 9.17) is 0 Å². The number of benzene rings is 1. The van der Waals surface area contributed by atoms with E-state index in [9.17, 15) is 13.2 Å². The van der Waals surface area contributed by atoms with Gasteiger partial charge in [0.15, 0.2) is 0 Å². The zero-order valence-corrected chi connectivity index (χ0v) is 12.4. The average molecular weight is 332 g/mol. The van der Waals surface area contributed by atoms with Gasteiger partial charge in [-0.3, -0.25) is 4.79 Å². The number of fused-ring (bicyclic) bond motifs is 1. The van der Waals surface area contributed by atoms with Crippen molar-refractivity contribution in [1.29, 1.82) is 0 Å². The zero-order valence-electron chi connectivity index (χ0n) is 10.0. The van der Waals surface area contributed by atoms with E-state index in [1.165, 1.54) is 0 Å². The van der Waals surface area contributed by atoms with Gasteiger partial charge in [0, 0.05) is 29.4 Å². The van der Waals surface area contributed by atoms with Gasteiger partial charge < -0.3 is 4.90 Å². The number of hydrogen-bond donors (Lipinski definition) is 0. The van der Waals surface area contributed by atoms with E-state index in [0.717, 1.165) is 28.4 Å². The van der Waals surface area contributed by atoms with Crippen molar-refractivity contribution in [2.45, 2.75) is 12.8 Å². The molecule has 0 saturated carbocycles. The van der Waals surface area contributed by atoms with Crippen LogP contribution in [0.15, 0.2) is 22.7 Å². The Balaban J connectivity index is 2.13. The summed E-state index contributed by atoms with van der Waals surface area (Å²) in [7, 11) is -3.09. The summed E-state index contributed by atoms with van der Waals surface area (Å²) in [6, 6.07) is 5.84. The van der Waals surface area contributed by atoms with Crippen LogP contribution in [0.1, 0.15) is 12.0 Å². The molecule has 4 nitrogen and oxygen atoms in total. The predicted octanol–water partition coefficient (Wildman–Crippen LogP) is 1.77. The van der Waals surface area contributed by atoms with Gasteiger partial charge in [0.1, 0.15) is 9.84 Å². The van der Waals surface area contributed by atoms with Crippen molar-refractivity contribution in [3.8, 4) is 0 Å². The van der Waals surface area contributed by atoms with E-state index < -0.39 is 9.84 Å². The van der Waals surface area contributed by atoms with Gasteiger partial charge in [0.2, 0.25) is 5.91 Å². The normalized spacial score (nSPS) is 14.7. The number of amides is 1. The molecule has 1 amide bonds. The molecule has 0 aromatic heterocycles. The summed E-state index contributed by atoms with van der Waals surface area (Å²) in [5.41, 5.74) is 2.02. The molecule has 1 aromatic rings. The molecule has 0 spiro atoms. The first kappa shape index (κ1) is 13.5. The largest absolute Gasteiger partial charge is 0.312 e. The van der Waals surface area contributed by atoms with Gasteiger partial charge in [-0.25, -0.2) is 8.42 Å². The topological polar surface area (TPSA) is 54.5 Å². The predicted molar refractivity (Wildman–Crippen MR) is 74.5 cm³/mol. The molecule has 1 aliphatic heterocycles. The maximum absolute atomic E-state index is 12.0. The molecule has 0 bridgehead atoms. The Morgan fingerprint density at radius 3 is 2.83 bits per heavy atom. The lowest BCUT2D eigenvalue weighted by Gasteiger charge is -2.17. The molecular weight excluding hydrogens is 318 g/mol. The van der Waals surface area contributed by atoms with Gasteiger partial charge in [0.05, 0.1) is 5.75 Å². The summed E-state index contributed by atoms with van der Waals surface area (Å²) in [5, 5.41) is 0. The number of nitrogens with zero attached hydrogens (tertiary/aromatic N) is 1. The van der Waals surface area contributed by atoms with Gasteiger partial charge >= 0.3 is 0 Å². The molecule has 1 aliphatic rings. The first-order valence-electron chi connectivity index (χ1n) is 5.63. The number of hydrogen-bond acceptors (Lipinski definition) is 3. The summed E-state index contributed by atoms with van der Waals surface area (Å²) >= 11 is 3.38. The second-order valence-electron chi connectivity index (χ2n) is 4.45. The van der Waals surface area contributed by atoms with Crippen LogP contribution in [0.3, 0.4) is 0 Å². The average Bonchev–Trinajstić information content (AvgIpc) is 2.67. The standard InChI is InChI=1S/C12H14BrNO3S/c1-18(16,17)7-5-12(15)14-6-4-9-2-3-10(13)8-11(9)14/h2-3,8H,4-7H2,1H3. The molecule has 0 unspecified atom stereocenters. The maximum Gasteiger partial charge on any atom is 0.228 e. The third-order valence-corrected chi connectivity index (χ3v) is 4.37. The van der Waals surface area contributed by atoms with Crippen molar-refractivity contribution in [1.82, 2.24) is 0 Å². The number of rotatable bonds is 3. The molecule has 6 heteroatoms. The molecular formula is C12H14BrNO3S. The monoisotopic (exact) mass is 331 g/mol. The Bertz CT molecular complexity index is 583. The fraction of sp³-hybridized carbons (Fsp3) is 0.417. The van der Waals surface area contributed by atoms with E-state index in [1.54, 1.807) is 4.90 Å². The van der Waals surface area contributed by atoms with Crippen LogP contribution >= 0.6 is 15.9 Å². The zero-order chi connectivity index (χ0) is 13.3. The van der Waals surface area contributed by atoms with Crippen LogP contribution in [0, 0.1) is 0 Å². The van der Waals surface area contributed by atoms with E-state index in [2.05, 4.69) is 15.9 Å². The molecule has 0 saturated heterocycles. The lowest BCUT2D eigenvalue weighted by Crippen LogP contribution is -2.30. The van der Waals surface area contributed by atoms with Crippen LogP contribution in [0.25, 0.3) is 0 Å². The molecule has 0 atom stereocenters. The van der Waals surface area contributed by atoms with Crippen molar-refractivity contribution in [3.05, 3.63) is 28.2 Å². The van der Waals surface area contributed by atoms with Crippen molar-refractivity contribution in [3.63, 3.8) is 0 Å². The molecule has 18 heavy (non-hydrogen) atoms. The fourth-order valence-corrected chi connectivity index (χ4v) is 2.91. The Kier molecular flexibility index (Phi) is 3.77.